The fourth-order valence-electron chi connectivity index (χ4n) is 1.43. The Kier molecular flexibility index (Phi) is 7.87. The van der Waals surface area contributed by atoms with E-state index in [1.807, 2.05) is 39.0 Å². The molecule has 0 aliphatic carbocycles. The Morgan fingerprint density at radius 3 is 2.00 bits per heavy atom. The lowest BCUT2D eigenvalue weighted by Gasteiger charge is -2.06. The number of hydrogen-bond donors (Lipinski definition) is 0. The smallest absolute Gasteiger partial charge is 0.0158 e. The van der Waals surface area contributed by atoms with Crippen molar-refractivity contribution in [2.45, 2.75) is 27.7 Å². The summed E-state index contributed by atoms with van der Waals surface area (Å²) in [5.74, 6) is 0. The highest BCUT2D eigenvalue weighted by Crippen LogP contribution is 2.18. The summed E-state index contributed by atoms with van der Waals surface area (Å²) in [6.07, 6.45) is 16.3. The molecule has 0 atom stereocenters. The molecule has 0 heteroatoms. The van der Waals surface area contributed by atoms with E-state index in [0.29, 0.717) is 0 Å². The van der Waals surface area contributed by atoms with Crippen molar-refractivity contribution in [1.82, 2.24) is 0 Å². The summed E-state index contributed by atoms with van der Waals surface area (Å²) in [5.41, 5.74) is 3.61. The maximum absolute atomic E-state index is 3.87. The van der Waals surface area contributed by atoms with E-state index in [1.165, 1.54) is 11.1 Å². The lowest BCUT2D eigenvalue weighted by Crippen LogP contribution is -1.87. The Morgan fingerprint density at radius 1 is 0.938 bits per heavy atom. The minimum atomic E-state index is 1.15. The Balaban J connectivity index is 5.49. The second kappa shape index (κ2) is 8.72. The summed E-state index contributed by atoms with van der Waals surface area (Å²) in [6, 6.07) is 0. The van der Waals surface area contributed by atoms with Gasteiger partial charge in [0.1, 0.15) is 0 Å². The molecule has 0 aliphatic heterocycles. The third-order valence-corrected chi connectivity index (χ3v) is 2.17. The first-order valence-corrected chi connectivity index (χ1v) is 5.63. The first-order valence-electron chi connectivity index (χ1n) is 5.63. The average molecular weight is 214 g/mol. The standard InChI is InChI=1S/C16H22/c1-6-10-13-15(9-4)16(12-8-3)14(5)11-7-2/h6-13H,4H2,1-3,5H3/b10-6-,11-7-,12-8-,15-13+,16-14+. The molecule has 0 saturated carbocycles. The number of hydrogen-bond acceptors (Lipinski definition) is 0. The minimum absolute atomic E-state index is 1.15. The van der Waals surface area contributed by atoms with Crippen molar-refractivity contribution in [3.63, 3.8) is 0 Å². The predicted molar refractivity (Wildman–Crippen MR) is 75.4 cm³/mol. The van der Waals surface area contributed by atoms with Crippen LogP contribution in [0.4, 0.5) is 0 Å². The lowest BCUT2D eigenvalue weighted by atomic mass is 9.99. The zero-order chi connectivity index (χ0) is 12.4. The van der Waals surface area contributed by atoms with Crippen molar-refractivity contribution in [2.24, 2.45) is 0 Å². The van der Waals surface area contributed by atoms with Crippen LogP contribution in [0.5, 0.6) is 0 Å². The van der Waals surface area contributed by atoms with E-state index in [0.717, 1.165) is 5.57 Å². The Hall–Kier alpha value is -1.56. The summed E-state index contributed by atoms with van der Waals surface area (Å²) < 4.78 is 0. The first-order chi connectivity index (χ1) is 7.71. The van der Waals surface area contributed by atoms with Crippen molar-refractivity contribution in [2.75, 3.05) is 0 Å². The predicted octanol–water partition coefficient (Wildman–Crippen LogP) is 5.14. The number of allylic oxidation sites excluding steroid dienone is 11. The van der Waals surface area contributed by atoms with Crippen molar-refractivity contribution in [3.8, 4) is 0 Å². The largest absolute Gasteiger partial charge is 0.0984 e. The van der Waals surface area contributed by atoms with Crippen LogP contribution in [0.25, 0.3) is 0 Å². The Morgan fingerprint density at radius 2 is 1.56 bits per heavy atom. The normalized spacial score (nSPS) is 15.1. The highest BCUT2D eigenvalue weighted by Gasteiger charge is 1.99. The van der Waals surface area contributed by atoms with Gasteiger partial charge in [-0.15, -0.1) is 0 Å². The molecule has 0 amide bonds. The maximum Gasteiger partial charge on any atom is -0.0158 e. The Bertz CT molecular complexity index is 357. The van der Waals surface area contributed by atoms with Crippen LogP contribution in [0.15, 0.2) is 71.9 Å². The molecule has 0 unspecified atom stereocenters. The zero-order valence-electron chi connectivity index (χ0n) is 10.8. The minimum Gasteiger partial charge on any atom is -0.0984 e. The molecule has 0 spiro atoms. The molecule has 0 fully saturated rings. The quantitative estimate of drug-likeness (QED) is 0.556. The van der Waals surface area contributed by atoms with Gasteiger partial charge in [0, 0.05) is 0 Å². The van der Waals surface area contributed by atoms with Gasteiger partial charge in [-0.3, -0.25) is 0 Å². The summed E-state index contributed by atoms with van der Waals surface area (Å²) in [4.78, 5) is 0. The van der Waals surface area contributed by atoms with Crippen LogP contribution in [-0.4, -0.2) is 0 Å². The van der Waals surface area contributed by atoms with Crippen LogP contribution in [0, 0.1) is 0 Å². The molecule has 86 valence electrons. The van der Waals surface area contributed by atoms with E-state index in [9.17, 15) is 0 Å². The molecule has 0 radical (unpaired) electrons. The summed E-state index contributed by atoms with van der Waals surface area (Å²) in [5, 5.41) is 0. The van der Waals surface area contributed by atoms with Gasteiger partial charge in [0.25, 0.3) is 0 Å². The van der Waals surface area contributed by atoms with E-state index in [4.69, 9.17) is 0 Å². The molecule has 0 aromatic rings. The summed E-state index contributed by atoms with van der Waals surface area (Å²) >= 11 is 0. The molecule has 0 aromatic carbocycles. The van der Waals surface area contributed by atoms with Crippen LogP contribution < -0.4 is 0 Å². The van der Waals surface area contributed by atoms with Crippen molar-refractivity contribution >= 4 is 0 Å². The molecule has 0 aromatic heterocycles. The van der Waals surface area contributed by atoms with Gasteiger partial charge in [0.2, 0.25) is 0 Å². The van der Waals surface area contributed by atoms with Crippen molar-refractivity contribution < 1.29 is 0 Å². The van der Waals surface area contributed by atoms with Gasteiger partial charge in [-0.2, -0.15) is 0 Å². The van der Waals surface area contributed by atoms with E-state index in [2.05, 4.69) is 43.9 Å². The first kappa shape index (κ1) is 14.4. The van der Waals surface area contributed by atoms with Gasteiger partial charge in [0.05, 0.1) is 0 Å². The van der Waals surface area contributed by atoms with Crippen LogP contribution >= 0.6 is 0 Å². The van der Waals surface area contributed by atoms with Gasteiger partial charge in [0.15, 0.2) is 0 Å². The van der Waals surface area contributed by atoms with Gasteiger partial charge in [-0.25, -0.2) is 0 Å². The van der Waals surface area contributed by atoms with Crippen molar-refractivity contribution in [3.05, 3.63) is 71.9 Å². The highest BCUT2D eigenvalue weighted by molar-refractivity contribution is 5.51. The maximum atomic E-state index is 3.87. The molecule has 0 nitrogen and oxygen atoms in total. The SMILES string of the molecule is C=CC(=C\C=C/C)/C(/C=C\C)=C(C)/C=C\C. The topological polar surface area (TPSA) is 0 Å². The fraction of sp³-hybridized carbons (Fsp3) is 0.250. The molecule has 0 N–H and O–H groups in total. The molecule has 16 heavy (non-hydrogen) atoms. The van der Waals surface area contributed by atoms with Crippen LogP contribution in [0.3, 0.4) is 0 Å². The van der Waals surface area contributed by atoms with Gasteiger partial charge in [-0.05, 0) is 44.4 Å². The van der Waals surface area contributed by atoms with E-state index < -0.39 is 0 Å². The molecular formula is C16H22. The van der Waals surface area contributed by atoms with Crippen LogP contribution in [0.1, 0.15) is 27.7 Å². The third kappa shape index (κ3) is 4.79. The van der Waals surface area contributed by atoms with Crippen LogP contribution in [-0.2, 0) is 0 Å². The molecular weight excluding hydrogens is 192 g/mol. The van der Waals surface area contributed by atoms with Crippen LogP contribution in [0.2, 0.25) is 0 Å². The molecule has 0 saturated heterocycles. The van der Waals surface area contributed by atoms with Gasteiger partial charge in [-0.1, -0.05) is 55.2 Å². The third-order valence-electron chi connectivity index (χ3n) is 2.17. The summed E-state index contributed by atoms with van der Waals surface area (Å²) in [6.45, 7) is 12.0. The molecule has 0 bridgehead atoms. The van der Waals surface area contributed by atoms with Crippen molar-refractivity contribution in [1.29, 1.82) is 0 Å². The van der Waals surface area contributed by atoms with Gasteiger partial charge >= 0.3 is 0 Å². The fourth-order valence-corrected chi connectivity index (χ4v) is 1.43. The molecule has 0 heterocycles. The number of rotatable bonds is 5. The zero-order valence-corrected chi connectivity index (χ0v) is 10.8. The molecule has 0 rings (SSSR count). The lowest BCUT2D eigenvalue weighted by molar-refractivity contribution is 1.39. The monoisotopic (exact) mass is 214 g/mol. The summed E-state index contributed by atoms with van der Waals surface area (Å²) in [7, 11) is 0. The van der Waals surface area contributed by atoms with Gasteiger partial charge < -0.3 is 0 Å². The average Bonchev–Trinajstić information content (AvgIpc) is 2.28. The molecule has 0 aliphatic rings. The van der Waals surface area contributed by atoms with E-state index in [1.54, 1.807) is 0 Å². The Labute approximate surface area is 100 Å². The second-order valence-electron chi connectivity index (χ2n) is 3.45. The second-order valence-corrected chi connectivity index (χ2v) is 3.45. The highest BCUT2D eigenvalue weighted by atomic mass is 14.0. The van der Waals surface area contributed by atoms with E-state index >= 15 is 0 Å². The van der Waals surface area contributed by atoms with E-state index in [-0.39, 0.29) is 0 Å².